The van der Waals surface area contributed by atoms with E-state index in [-0.39, 0.29) is 12.5 Å². The van der Waals surface area contributed by atoms with Crippen molar-refractivity contribution in [3.8, 4) is 5.75 Å². The summed E-state index contributed by atoms with van der Waals surface area (Å²) in [5.74, 6) is 1.10. The number of ether oxygens (including phenoxy) is 1. The van der Waals surface area contributed by atoms with Gasteiger partial charge in [-0.2, -0.15) is 0 Å². The van der Waals surface area contributed by atoms with Gasteiger partial charge in [0.25, 0.3) is 0 Å². The molecule has 1 amide bonds. The maximum absolute atomic E-state index is 12.4. The molecule has 0 saturated heterocycles. The summed E-state index contributed by atoms with van der Waals surface area (Å²) < 4.78 is 5.44. The van der Waals surface area contributed by atoms with Crippen LogP contribution < -0.4 is 10.1 Å². The molecule has 2 N–H and O–H groups in total. The number of aliphatic hydroxyl groups is 1. The lowest BCUT2D eigenvalue weighted by Crippen LogP contribution is -2.32. The molecule has 1 aromatic carbocycles. The lowest BCUT2D eigenvalue weighted by Gasteiger charge is -2.25. The second-order valence-electron chi connectivity index (χ2n) is 6.35. The molecule has 21 heavy (non-hydrogen) atoms. The van der Waals surface area contributed by atoms with Gasteiger partial charge < -0.3 is 15.2 Å². The van der Waals surface area contributed by atoms with E-state index in [0.29, 0.717) is 29.5 Å². The minimum absolute atomic E-state index is 0.00995. The number of amides is 1. The topological polar surface area (TPSA) is 58.6 Å². The Labute approximate surface area is 127 Å². The van der Waals surface area contributed by atoms with Crippen molar-refractivity contribution in [2.24, 2.45) is 11.3 Å². The molecular formula is C17H27NO3. The van der Waals surface area contributed by atoms with E-state index in [1.54, 1.807) is 18.2 Å². The van der Waals surface area contributed by atoms with E-state index in [0.717, 1.165) is 6.42 Å². The number of anilines is 1. The third kappa shape index (κ3) is 5.05. The molecule has 0 saturated carbocycles. The fourth-order valence-electron chi connectivity index (χ4n) is 2.49. The van der Waals surface area contributed by atoms with Crippen molar-refractivity contribution >= 4 is 11.6 Å². The van der Waals surface area contributed by atoms with Gasteiger partial charge >= 0.3 is 0 Å². The van der Waals surface area contributed by atoms with Gasteiger partial charge in [-0.3, -0.25) is 4.79 Å². The van der Waals surface area contributed by atoms with Gasteiger partial charge in [-0.15, -0.1) is 0 Å². The first-order valence-electron chi connectivity index (χ1n) is 7.48. The van der Waals surface area contributed by atoms with E-state index in [4.69, 9.17) is 4.74 Å². The second kappa shape index (κ2) is 7.46. The largest absolute Gasteiger partial charge is 0.494 e. The predicted octanol–water partition coefficient (Wildman–Crippen LogP) is 3.59. The average molecular weight is 293 g/mol. The Morgan fingerprint density at radius 1 is 1.38 bits per heavy atom. The number of carbonyl (C=O) groups is 1. The van der Waals surface area contributed by atoms with Gasteiger partial charge in [0, 0.05) is 16.7 Å². The summed E-state index contributed by atoms with van der Waals surface area (Å²) in [6.45, 7) is 10.4. The smallest absolute Gasteiger partial charge is 0.230 e. The van der Waals surface area contributed by atoms with E-state index < -0.39 is 5.41 Å². The van der Waals surface area contributed by atoms with Crippen molar-refractivity contribution in [2.75, 3.05) is 11.9 Å². The van der Waals surface area contributed by atoms with Crippen LogP contribution in [0.1, 0.15) is 46.6 Å². The Kier molecular flexibility index (Phi) is 6.21. The van der Waals surface area contributed by atoms with Crippen LogP contribution >= 0.6 is 0 Å². The minimum Gasteiger partial charge on any atom is -0.494 e. The fourth-order valence-corrected chi connectivity index (χ4v) is 2.49. The number of hydrogen-bond acceptors (Lipinski definition) is 3. The van der Waals surface area contributed by atoms with Crippen molar-refractivity contribution in [1.29, 1.82) is 0 Å². The summed E-state index contributed by atoms with van der Waals surface area (Å²) in [5, 5.41) is 12.3. The number of aliphatic hydroxyl groups excluding tert-OH is 1. The number of benzene rings is 1. The summed E-state index contributed by atoms with van der Waals surface area (Å²) in [6, 6.07) is 5.34. The predicted molar refractivity (Wildman–Crippen MR) is 85.4 cm³/mol. The summed E-state index contributed by atoms with van der Waals surface area (Å²) in [7, 11) is 0. The van der Waals surface area contributed by atoms with Gasteiger partial charge in [-0.25, -0.2) is 0 Å². The molecular weight excluding hydrogens is 266 g/mol. The third-order valence-electron chi connectivity index (χ3n) is 3.32. The van der Waals surface area contributed by atoms with Crippen LogP contribution in [0.3, 0.4) is 0 Å². The Hall–Kier alpha value is -1.55. The van der Waals surface area contributed by atoms with Crippen LogP contribution in [0.5, 0.6) is 5.75 Å². The van der Waals surface area contributed by atoms with E-state index in [2.05, 4.69) is 19.2 Å². The van der Waals surface area contributed by atoms with Gasteiger partial charge in [-0.1, -0.05) is 27.7 Å². The molecule has 0 aliphatic rings. The van der Waals surface area contributed by atoms with Crippen molar-refractivity contribution in [2.45, 2.75) is 47.6 Å². The molecule has 0 bridgehead atoms. The van der Waals surface area contributed by atoms with Crippen LogP contribution in [0.4, 0.5) is 5.69 Å². The Balaban J connectivity index is 2.85. The zero-order chi connectivity index (χ0) is 16.0. The average Bonchev–Trinajstić information content (AvgIpc) is 2.39. The summed E-state index contributed by atoms with van der Waals surface area (Å²) in [4.78, 5) is 12.4. The highest BCUT2D eigenvalue weighted by Gasteiger charge is 2.28. The molecule has 0 atom stereocenters. The zero-order valence-electron chi connectivity index (χ0n) is 13.7. The molecule has 118 valence electrons. The van der Waals surface area contributed by atoms with E-state index in [1.807, 2.05) is 20.8 Å². The first-order chi connectivity index (χ1) is 9.80. The monoisotopic (exact) mass is 293 g/mol. The zero-order valence-corrected chi connectivity index (χ0v) is 13.7. The van der Waals surface area contributed by atoms with Gasteiger partial charge in [0.15, 0.2) is 0 Å². The van der Waals surface area contributed by atoms with E-state index >= 15 is 0 Å². The molecule has 0 unspecified atom stereocenters. The number of hydrogen-bond donors (Lipinski definition) is 2. The standard InChI is InChI=1S/C17H27NO3/c1-6-21-15-8-7-14(9-13(15)11-19)18-16(20)17(4,5)10-12(2)3/h7-9,12,19H,6,10-11H2,1-5H3,(H,18,20). The SMILES string of the molecule is CCOc1ccc(NC(=O)C(C)(C)CC(C)C)cc1CO. The summed E-state index contributed by atoms with van der Waals surface area (Å²) >= 11 is 0. The molecule has 1 rings (SSSR count). The van der Waals surface area contributed by atoms with Crippen LogP contribution in [0.15, 0.2) is 18.2 Å². The molecule has 0 aliphatic heterocycles. The Morgan fingerprint density at radius 2 is 2.05 bits per heavy atom. The maximum atomic E-state index is 12.4. The van der Waals surface area contributed by atoms with Gasteiger partial charge in [0.1, 0.15) is 5.75 Å². The molecule has 0 fully saturated rings. The summed E-state index contributed by atoms with van der Waals surface area (Å²) in [5.41, 5.74) is 0.937. The highest BCUT2D eigenvalue weighted by molar-refractivity contribution is 5.94. The lowest BCUT2D eigenvalue weighted by atomic mass is 9.83. The van der Waals surface area contributed by atoms with Crippen molar-refractivity contribution < 1.29 is 14.6 Å². The van der Waals surface area contributed by atoms with Crippen LogP contribution in [0, 0.1) is 11.3 Å². The van der Waals surface area contributed by atoms with Crippen molar-refractivity contribution in [3.05, 3.63) is 23.8 Å². The molecule has 0 spiro atoms. The Bertz CT molecular complexity index is 481. The second-order valence-corrected chi connectivity index (χ2v) is 6.35. The van der Waals surface area contributed by atoms with Crippen LogP contribution in [-0.2, 0) is 11.4 Å². The minimum atomic E-state index is -0.424. The third-order valence-corrected chi connectivity index (χ3v) is 3.32. The molecule has 4 heteroatoms. The molecule has 0 aliphatic carbocycles. The Morgan fingerprint density at radius 3 is 2.57 bits per heavy atom. The highest BCUT2D eigenvalue weighted by Crippen LogP contribution is 2.28. The molecule has 0 heterocycles. The first kappa shape index (κ1) is 17.5. The normalized spacial score (nSPS) is 11.6. The van der Waals surface area contributed by atoms with Crippen molar-refractivity contribution in [1.82, 2.24) is 0 Å². The summed E-state index contributed by atoms with van der Waals surface area (Å²) in [6.07, 6.45) is 0.822. The molecule has 0 radical (unpaired) electrons. The lowest BCUT2D eigenvalue weighted by molar-refractivity contribution is -0.124. The van der Waals surface area contributed by atoms with E-state index in [9.17, 15) is 9.90 Å². The van der Waals surface area contributed by atoms with Crippen LogP contribution in [0.25, 0.3) is 0 Å². The van der Waals surface area contributed by atoms with Gasteiger partial charge in [0.05, 0.1) is 13.2 Å². The van der Waals surface area contributed by atoms with E-state index in [1.165, 1.54) is 0 Å². The van der Waals surface area contributed by atoms with Crippen molar-refractivity contribution in [3.63, 3.8) is 0 Å². The molecule has 0 aromatic heterocycles. The number of carbonyl (C=O) groups excluding carboxylic acids is 1. The van der Waals surface area contributed by atoms with Gasteiger partial charge in [-0.05, 0) is 37.5 Å². The first-order valence-corrected chi connectivity index (χ1v) is 7.48. The van der Waals surface area contributed by atoms with Crippen LogP contribution in [-0.4, -0.2) is 17.6 Å². The molecule has 4 nitrogen and oxygen atoms in total. The molecule has 1 aromatic rings. The quantitative estimate of drug-likeness (QED) is 0.807. The van der Waals surface area contributed by atoms with Crippen LogP contribution in [0.2, 0.25) is 0 Å². The van der Waals surface area contributed by atoms with Gasteiger partial charge in [0.2, 0.25) is 5.91 Å². The fraction of sp³-hybridized carbons (Fsp3) is 0.588. The number of nitrogens with one attached hydrogen (secondary N) is 1. The number of rotatable bonds is 7. The maximum Gasteiger partial charge on any atom is 0.230 e. The highest BCUT2D eigenvalue weighted by atomic mass is 16.5.